The second kappa shape index (κ2) is 4.52. The van der Waals surface area contributed by atoms with Crippen molar-refractivity contribution in [1.29, 1.82) is 0 Å². The first-order valence-electron chi connectivity index (χ1n) is 6.93. The van der Waals surface area contributed by atoms with Crippen LogP contribution in [0, 0.1) is 0 Å². The lowest BCUT2D eigenvalue weighted by Crippen LogP contribution is -2.25. The monoisotopic (exact) mass is 279 g/mol. The van der Waals surface area contributed by atoms with Crippen molar-refractivity contribution in [3.05, 3.63) is 10.8 Å². The molecule has 2 N–H and O–H groups in total. The van der Waals surface area contributed by atoms with Crippen LogP contribution in [-0.2, 0) is 5.41 Å². The molecule has 0 saturated heterocycles. The molecule has 6 heteroatoms. The zero-order valence-electron chi connectivity index (χ0n) is 11.8. The van der Waals surface area contributed by atoms with Crippen LogP contribution in [0.2, 0.25) is 0 Å². The van der Waals surface area contributed by atoms with E-state index in [9.17, 15) is 0 Å². The highest BCUT2D eigenvalue weighted by Crippen LogP contribution is 2.35. The highest BCUT2D eigenvalue weighted by Gasteiger charge is 2.27. The minimum absolute atomic E-state index is 0.0281. The van der Waals surface area contributed by atoms with Gasteiger partial charge in [0.2, 0.25) is 4.96 Å². The second-order valence-corrected chi connectivity index (χ2v) is 7.51. The topological polar surface area (TPSA) is 69.1 Å². The van der Waals surface area contributed by atoms with E-state index in [-0.39, 0.29) is 5.41 Å². The molecule has 0 aromatic carbocycles. The summed E-state index contributed by atoms with van der Waals surface area (Å²) in [7, 11) is 0. The molecule has 104 valence electrons. The van der Waals surface area contributed by atoms with Crippen LogP contribution in [0.4, 0.5) is 0 Å². The fraction of sp³-hybridized carbons (Fsp3) is 0.769. The normalized spacial score (nSPS) is 25.1. The van der Waals surface area contributed by atoms with Crippen LogP contribution in [-0.4, -0.2) is 25.9 Å². The number of hydrogen-bond donors (Lipinski definition) is 1. The molecule has 1 aliphatic carbocycles. The first-order valence-corrected chi connectivity index (χ1v) is 7.75. The van der Waals surface area contributed by atoms with Crippen LogP contribution in [0.3, 0.4) is 0 Å². The third-order valence-corrected chi connectivity index (χ3v) is 4.86. The molecule has 2 aromatic heterocycles. The Morgan fingerprint density at radius 3 is 2.47 bits per heavy atom. The van der Waals surface area contributed by atoms with Gasteiger partial charge in [0.25, 0.3) is 0 Å². The molecular formula is C13H21N5S. The van der Waals surface area contributed by atoms with Crippen molar-refractivity contribution in [3.8, 4) is 0 Å². The molecular weight excluding hydrogens is 258 g/mol. The fourth-order valence-electron chi connectivity index (χ4n) is 2.63. The highest BCUT2D eigenvalue weighted by molar-refractivity contribution is 7.16. The minimum Gasteiger partial charge on any atom is -0.328 e. The van der Waals surface area contributed by atoms with Gasteiger partial charge in [-0.15, -0.1) is 10.2 Å². The molecule has 5 nitrogen and oxygen atoms in total. The average Bonchev–Trinajstić information content (AvgIpc) is 2.87. The van der Waals surface area contributed by atoms with Gasteiger partial charge in [-0.2, -0.15) is 9.61 Å². The van der Waals surface area contributed by atoms with E-state index in [2.05, 4.69) is 31.0 Å². The molecule has 19 heavy (non-hydrogen) atoms. The maximum atomic E-state index is 5.97. The van der Waals surface area contributed by atoms with Gasteiger partial charge in [0, 0.05) is 17.4 Å². The second-order valence-electron chi connectivity index (χ2n) is 6.52. The smallest absolute Gasteiger partial charge is 0.234 e. The van der Waals surface area contributed by atoms with Gasteiger partial charge in [0.15, 0.2) is 5.82 Å². The number of nitrogens with two attached hydrogens (primary N) is 1. The van der Waals surface area contributed by atoms with Gasteiger partial charge in [-0.1, -0.05) is 32.1 Å². The summed E-state index contributed by atoms with van der Waals surface area (Å²) in [6.07, 6.45) is 4.51. The van der Waals surface area contributed by atoms with Crippen LogP contribution in [0.1, 0.15) is 63.2 Å². The van der Waals surface area contributed by atoms with Crippen molar-refractivity contribution in [2.75, 3.05) is 0 Å². The predicted octanol–water partition coefficient (Wildman–Crippen LogP) is 2.47. The Balaban J connectivity index is 1.92. The summed E-state index contributed by atoms with van der Waals surface area (Å²) in [6.45, 7) is 6.42. The fourth-order valence-corrected chi connectivity index (χ4v) is 3.64. The number of nitrogens with zero attached hydrogens (tertiary/aromatic N) is 4. The zero-order valence-corrected chi connectivity index (χ0v) is 12.6. The summed E-state index contributed by atoms with van der Waals surface area (Å²) in [5.41, 5.74) is 5.94. The van der Waals surface area contributed by atoms with Gasteiger partial charge >= 0.3 is 0 Å². The van der Waals surface area contributed by atoms with Gasteiger partial charge in [-0.25, -0.2) is 0 Å². The molecule has 0 bridgehead atoms. The summed E-state index contributed by atoms with van der Waals surface area (Å²) in [5.74, 6) is 1.50. The SMILES string of the molecule is CC(C)(C)c1nnc2sc(C3CCC(N)CC3)nn12. The Morgan fingerprint density at radius 2 is 1.84 bits per heavy atom. The van der Waals surface area contributed by atoms with E-state index < -0.39 is 0 Å². The van der Waals surface area contributed by atoms with Crippen molar-refractivity contribution in [3.63, 3.8) is 0 Å². The summed E-state index contributed by atoms with van der Waals surface area (Å²) in [4.78, 5) is 0.912. The van der Waals surface area contributed by atoms with Gasteiger partial charge in [0.1, 0.15) is 5.01 Å². The van der Waals surface area contributed by atoms with E-state index in [1.54, 1.807) is 11.3 Å². The van der Waals surface area contributed by atoms with Crippen molar-refractivity contribution >= 4 is 16.3 Å². The Morgan fingerprint density at radius 1 is 1.16 bits per heavy atom. The van der Waals surface area contributed by atoms with E-state index in [1.807, 2.05) is 4.52 Å². The maximum absolute atomic E-state index is 5.97. The molecule has 0 amide bonds. The molecule has 0 unspecified atom stereocenters. The van der Waals surface area contributed by atoms with Crippen molar-refractivity contribution < 1.29 is 0 Å². The van der Waals surface area contributed by atoms with Gasteiger partial charge in [-0.3, -0.25) is 0 Å². The van der Waals surface area contributed by atoms with Crippen molar-refractivity contribution in [2.24, 2.45) is 5.73 Å². The summed E-state index contributed by atoms with van der Waals surface area (Å²) in [6, 6.07) is 0.382. The van der Waals surface area contributed by atoms with E-state index in [4.69, 9.17) is 10.8 Å². The van der Waals surface area contributed by atoms with Crippen LogP contribution in [0.15, 0.2) is 0 Å². The minimum atomic E-state index is -0.0281. The van der Waals surface area contributed by atoms with E-state index in [0.29, 0.717) is 12.0 Å². The molecule has 2 aromatic rings. The van der Waals surface area contributed by atoms with Gasteiger partial charge in [0.05, 0.1) is 0 Å². The molecule has 2 heterocycles. The number of fused-ring (bicyclic) bond motifs is 1. The third kappa shape index (κ3) is 2.39. The van der Waals surface area contributed by atoms with E-state index in [1.165, 1.54) is 5.01 Å². The largest absolute Gasteiger partial charge is 0.328 e. The van der Waals surface area contributed by atoms with Crippen molar-refractivity contribution in [1.82, 2.24) is 19.8 Å². The molecule has 1 saturated carbocycles. The Labute approximate surface area is 117 Å². The molecule has 0 atom stereocenters. The predicted molar refractivity (Wildman–Crippen MR) is 76.5 cm³/mol. The standard InChI is InChI=1S/C13H21N5S/c1-13(2,3)11-15-16-12-18(11)17-10(19-12)8-4-6-9(14)7-5-8/h8-9H,4-7,14H2,1-3H3. The lowest BCUT2D eigenvalue weighted by Gasteiger charge is -2.24. The van der Waals surface area contributed by atoms with Crippen LogP contribution >= 0.6 is 11.3 Å². The quantitative estimate of drug-likeness (QED) is 0.870. The first kappa shape index (κ1) is 13.0. The van der Waals surface area contributed by atoms with Crippen LogP contribution < -0.4 is 5.73 Å². The Hall–Kier alpha value is -1.01. The Bertz CT molecular complexity index is 571. The molecule has 1 fully saturated rings. The zero-order chi connectivity index (χ0) is 13.6. The summed E-state index contributed by atoms with van der Waals surface area (Å²) >= 11 is 1.68. The summed E-state index contributed by atoms with van der Waals surface area (Å²) < 4.78 is 1.93. The lowest BCUT2D eigenvalue weighted by molar-refractivity contribution is 0.392. The van der Waals surface area contributed by atoms with E-state index in [0.717, 1.165) is 36.5 Å². The molecule has 3 rings (SSSR count). The number of aromatic nitrogens is 4. The van der Waals surface area contributed by atoms with E-state index >= 15 is 0 Å². The van der Waals surface area contributed by atoms with Crippen molar-refractivity contribution in [2.45, 2.75) is 63.8 Å². The lowest BCUT2D eigenvalue weighted by atomic mass is 9.87. The third-order valence-electron chi connectivity index (χ3n) is 3.80. The highest BCUT2D eigenvalue weighted by atomic mass is 32.1. The van der Waals surface area contributed by atoms with Crippen LogP contribution in [0.5, 0.6) is 0 Å². The average molecular weight is 279 g/mol. The summed E-state index contributed by atoms with van der Waals surface area (Å²) in [5, 5.41) is 14.5. The molecule has 1 aliphatic rings. The Kier molecular flexibility index (Phi) is 3.09. The van der Waals surface area contributed by atoms with Crippen LogP contribution in [0.25, 0.3) is 4.96 Å². The molecule has 0 radical (unpaired) electrons. The van der Waals surface area contributed by atoms with Gasteiger partial charge in [-0.05, 0) is 25.7 Å². The number of rotatable bonds is 1. The first-order chi connectivity index (χ1) is 8.95. The van der Waals surface area contributed by atoms with Gasteiger partial charge < -0.3 is 5.73 Å². The molecule has 0 aliphatic heterocycles. The number of hydrogen-bond acceptors (Lipinski definition) is 5. The maximum Gasteiger partial charge on any atom is 0.234 e. The molecule has 0 spiro atoms.